The van der Waals surface area contributed by atoms with Crippen molar-refractivity contribution in [1.29, 1.82) is 0 Å². The predicted octanol–water partition coefficient (Wildman–Crippen LogP) is 3.01. The van der Waals surface area contributed by atoms with E-state index in [1.807, 2.05) is 0 Å². The van der Waals surface area contributed by atoms with Crippen LogP contribution in [-0.4, -0.2) is 13.1 Å². The second-order valence-corrected chi connectivity index (χ2v) is 3.83. The molecule has 0 atom stereocenters. The van der Waals surface area contributed by atoms with Crippen molar-refractivity contribution in [2.45, 2.75) is 0 Å². The summed E-state index contributed by atoms with van der Waals surface area (Å²) in [6, 6.07) is 12.8. The van der Waals surface area contributed by atoms with Crippen LogP contribution in [-0.2, 0) is 4.74 Å². The first-order chi connectivity index (χ1) is 9.19. The summed E-state index contributed by atoms with van der Waals surface area (Å²) in [4.78, 5) is 11.2. The number of carbonyl (C=O) groups excluding carboxylic acids is 1. The van der Waals surface area contributed by atoms with E-state index in [1.54, 1.807) is 36.4 Å². The average Bonchev–Trinajstić information content (AvgIpc) is 2.45. The van der Waals surface area contributed by atoms with Crippen LogP contribution in [0.3, 0.4) is 0 Å². The van der Waals surface area contributed by atoms with Gasteiger partial charge < -0.3 is 4.74 Å². The van der Waals surface area contributed by atoms with Gasteiger partial charge in [0.05, 0.1) is 12.7 Å². The molecule has 3 heteroatoms. The van der Waals surface area contributed by atoms with Crippen LogP contribution in [0.25, 0.3) is 0 Å². The lowest BCUT2D eigenvalue weighted by atomic mass is 10.1. The molecule has 0 unspecified atom stereocenters. The van der Waals surface area contributed by atoms with E-state index < -0.39 is 0 Å². The van der Waals surface area contributed by atoms with Crippen molar-refractivity contribution >= 4 is 5.97 Å². The van der Waals surface area contributed by atoms with Crippen molar-refractivity contribution in [3.05, 3.63) is 71.0 Å². The Balaban J connectivity index is 2.19. The third kappa shape index (κ3) is 3.43. The predicted molar refractivity (Wildman–Crippen MR) is 70.2 cm³/mol. The van der Waals surface area contributed by atoms with E-state index >= 15 is 0 Å². The van der Waals surface area contributed by atoms with Gasteiger partial charge in [0.25, 0.3) is 0 Å². The van der Waals surface area contributed by atoms with Crippen molar-refractivity contribution in [3.63, 3.8) is 0 Å². The van der Waals surface area contributed by atoms with Gasteiger partial charge in [-0.2, -0.15) is 0 Å². The molecule has 0 spiro atoms. The number of benzene rings is 2. The fraction of sp³-hybridized carbons (Fsp3) is 0.0625. The second kappa shape index (κ2) is 5.83. The highest BCUT2D eigenvalue weighted by Gasteiger charge is 2.03. The number of rotatable bonds is 1. The molecule has 19 heavy (non-hydrogen) atoms. The second-order valence-electron chi connectivity index (χ2n) is 3.83. The molecule has 0 fully saturated rings. The minimum absolute atomic E-state index is 0.312. The lowest BCUT2D eigenvalue weighted by Crippen LogP contribution is -2.00. The fourth-order valence-electron chi connectivity index (χ4n) is 1.52. The van der Waals surface area contributed by atoms with Crippen LogP contribution >= 0.6 is 0 Å². The van der Waals surface area contributed by atoms with Crippen LogP contribution in [0.2, 0.25) is 0 Å². The first kappa shape index (κ1) is 12.8. The Morgan fingerprint density at radius 2 is 1.74 bits per heavy atom. The topological polar surface area (TPSA) is 26.3 Å². The maximum Gasteiger partial charge on any atom is 0.337 e. The zero-order valence-corrected chi connectivity index (χ0v) is 10.3. The van der Waals surface area contributed by atoms with Crippen LogP contribution in [0, 0.1) is 17.7 Å². The smallest absolute Gasteiger partial charge is 0.337 e. The van der Waals surface area contributed by atoms with Gasteiger partial charge in [-0.25, -0.2) is 9.18 Å². The molecule has 0 aliphatic carbocycles. The van der Waals surface area contributed by atoms with Crippen LogP contribution < -0.4 is 0 Å². The Labute approximate surface area is 110 Å². The number of hydrogen-bond acceptors (Lipinski definition) is 2. The molecule has 0 radical (unpaired) electrons. The van der Waals surface area contributed by atoms with Gasteiger partial charge in [-0.1, -0.05) is 17.9 Å². The maximum absolute atomic E-state index is 13.0. The van der Waals surface area contributed by atoms with E-state index in [9.17, 15) is 9.18 Å². The van der Waals surface area contributed by atoms with Gasteiger partial charge in [0, 0.05) is 11.1 Å². The SMILES string of the molecule is COC(=O)c1ccc(C#Cc2cccc(F)c2)cc1. The van der Waals surface area contributed by atoms with Crippen molar-refractivity contribution in [2.24, 2.45) is 0 Å². The number of methoxy groups -OCH3 is 1. The minimum atomic E-state index is -0.385. The summed E-state index contributed by atoms with van der Waals surface area (Å²) in [6.07, 6.45) is 0. The highest BCUT2D eigenvalue weighted by Crippen LogP contribution is 2.06. The highest BCUT2D eigenvalue weighted by molar-refractivity contribution is 5.89. The van der Waals surface area contributed by atoms with Crippen LogP contribution in [0.4, 0.5) is 4.39 Å². The van der Waals surface area contributed by atoms with Crippen LogP contribution in [0.5, 0.6) is 0 Å². The molecular formula is C16H11FO2. The molecule has 0 bridgehead atoms. The first-order valence-corrected chi connectivity index (χ1v) is 5.65. The standard InChI is InChI=1S/C16H11FO2/c1-19-16(18)14-9-7-12(8-10-14)5-6-13-3-2-4-15(17)11-13/h2-4,7-11H,1H3. The number of ether oxygens (including phenoxy) is 1. The number of esters is 1. The third-order valence-corrected chi connectivity index (χ3v) is 2.48. The summed E-state index contributed by atoms with van der Waals surface area (Å²) in [6.45, 7) is 0. The first-order valence-electron chi connectivity index (χ1n) is 5.65. The van der Waals surface area contributed by atoms with Gasteiger partial charge in [0.15, 0.2) is 0 Å². The molecule has 0 saturated heterocycles. The molecule has 2 rings (SSSR count). The zero-order valence-electron chi connectivity index (χ0n) is 10.3. The van der Waals surface area contributed by atoms with E-state index in [4.69, 9.17) is 0 Å². The summed E-state index contributed by atoms with van der Waals surface area (Å²) in [5, 5.41) is 0. The lowest BCUT2D eigenvalue weighted by Gasteiger charge is -1.98. The Morgan fingerprint density at radius 1 is 1.05 bits per heavy atom. The van der Waals surface area contributed by atoms with Gasteiger partial charge in [-0.05, 0) is 42.5 Å². The number of carbonyl (C=O) groups is 1. The molecular weight excluding hydrogens is 243 g/mol. The largest absolute Gasteiger partial charge is 0.465 e. The van der Waals surface area contributed by atoms with Gasteiger partial charge in [-0.3, -0.25) is 0 Å². The van der Waals surface area contributed by atoms with E-state index in [-0.39, 0.29) is 11.8 Å². The van der Waals surface area contributed by atoms with E-state index in [2.05, 4.69) is 16.6 Å². The van der Waals surface area contributed by atoms with Crippen molar-refractivity contribution in [2.75, 3.05) is 7.11 Å². The summed E-state index contributed by atoms with van der Waals surface area (Å²) in [5.41, 5.74) is 1.83. The van der Waals surface area contributed by atoms with Crippen molar-refractivity contribution in [1.82, 2.24) is 0 Å². The van der Waals surface area contributed by atoms with E-state index in [1.165, 1.54) is 19.2 Å². The Hall–Kier alpha value is -2.60. The molecule has 2 aromatic carbocycles. The van der Waals surface area contributed by atoms with Gasteiger partial charge in [0.1, 0.15) is 5.82 Å². The Morgan fingerprint density at radius 3 is 2.37 bits per heavy atom. The van der Waals surface area contributed by atoms with Gasteiger partial charge >= 0.3 is 5.97 Å². The van der Waals surface area contributed by atoms with Crippen LogP contribution in [0.1, 0.15) is 21.5 Å². The van der Waals surface area contributed by atoms with Crippen LogP contribution in [0.15, 0.2) is 48.5 Å². The zero-order chi connectivity index (χ0) is 13.7. The molecule has 0 aromatic heterocycles. The number of hydrogen-bond donors (Lipinski definition) is 0. The summed E-state index contributed by atoms with van der Waals surface area (Å²) >= 11 is 0. The molecule has 0 N–H and O–H groups in total. The van der Waals surface area contributed by atoms with E-state index in [0.717, 1.165) is 5.56 Å². The summed E-state index contributed by atoms with van der Waals surface area (Å²) < 4.78 is 17.6. The van der Waals surface area contributed by atoms with Crippen molar-refractivity contribution < 1.29 is 13.9 Å². The van der Waals surface area contributed by atoms with Gasteiger partial charge in [-0.15, -0.1) is 0 Å². The molecule has 94 valence electrons. The molecule has 0 aliphatic rings. The third-order valence-electron chi connectivity index (χ3n) is 2.48. The van der Waals surface area contributed by atoms with Crippen molar-refractivity contribution in [3.8, 4) is 11.8 Å². The Bertz CT molecular complexity index is 648. The summed E-state index contributed by atoms with van der Waals surface area (Å²) in [7, 11) is 1.33. The molecule has 0 heterocycles. The monoisotopic (exact) mass is 254 g/mol. The van der Waals surface area contributed by atoms with Gasteiger partial charge in [0.2, 0.25) is 0 Å². The molecule has 0 amide bonds. The molecule has 2 nitrogen and oxygen atoms in total. The molecule has 0 aliphatic heterocycles. The average molecular weight is 254 g/mol. The Kier molecular flexibility index (Phi) is 3.94. The van der Waals surface area contributed by atoms with E-state index in [0.29, 0.717) is 11.1 Å². The maximum atomic E-state index is 13.0. The highest BCUT2D eigenvalue weighted by atomic mass is 19.1. The summed E-state index contributed by atoms with van der Waals surface area (Å²) in [5.74, 6) is 5.07. The quantitative estimate of drug-likeness (QED) is 0.577. The molecule has 0 saturated carbocycles. The molecule has 2 aromatic rings. The lowest BCUT2D eigenvalue weighted by molar-refractivity contribution is 0.0600. The normalized spacial score (nSPS) is 9.37. The fourth-order valence-corrected chi connectivity index (χ4v) is 1.52. The number of halogens is 1. The minimum Gasteiger partial charge on any atom is -0.465 e.